The Bertz CT molecular complexity index is 514. The third-order valence-electron chi connectivity index (χ3n) is 4.24. The number of nitrogens with zero attached hydrogens (tertiary/aromatic N) is 3. The summed E-state index contributed by atoms with van der Waals surface area (Å²) in [4.78, 5) is 23.3. The van der Waals surface area contributed by atoms with Gasteiger partial charge in [0.1, 0.15) is 5.82 Å². The van der Waals surface area contributed by atoms with E-state index in [0.717, 1.165) is 62.6 Å². The number of esters is 1. The molecule has 128 valence electrons. The molecular formula is C17H27N3O3. The van der Waals surface area contributed by atoms with Crippen molar-refractivity contribution in [3.05, 3.63) is 17.6 Å². The number of hydrogen-bond acceptors (Lipinski definition) is 6. The molecule has 1 aliphatic rings. The molecule has 1 fully saturated rings. The van der Waals surface area contributed by atoms with Gasteiger partial charge in [0.25, 0.3) is 0 Å². The van der Waals surface area contributed by atoms with Crippen molar-refractivity contribution in [2.24, 2.45) is 5.92 Å². The Morgan fingerprint density at radius 3 is 2.78 bits per heavy atom. The van der Waals surface area contributed by atoms with Gasteiger partial charge in [0, 0.05) is 26.8 Å². The molecule has 0 bridgehead atoms. The number of carbonyl (C=O) groups is 1. The zero-order valence-corrected chi connectivity index (χ0v) is 14.4. The number of piperidine rings is 1. The van der Waals surface area contributed by atoms with Crippen LogP contribution in [-0.4, -0.2) is 49.4 Å². The second kappa shape index (κ2) is 8.82. The Kier molecular flexibility index (Phi) is 6.77. The highest BCUT2D eigenvalue weighted by atomic mass is 16.5. The molecule has 1 aromatic rings. The van der Waals surface area contributed by atoms with Crippen molar-refractivity contribution in [3.8, 4) is 0 Å². The van der Waals surface area contributed by atoms with Gasteiger partial charge in [0.05, 0.1) is 30.1 Å². The number of rotatable bonds is 7. The van der Waals surface area contributed by atoms with Gasteiger partial charge >= 0.3 is 5.97 Å². The summed E-state index contributed by atoms with van der Waals surface area (Å²) in [5.74, 6) is 0.860. The molecule has 0 atom stereocenters. The lowest BCUT2D eigenvalue weighted by molar-refractivity contribution is -0.148. The van der Waals surface area contributed by atoms with Crippen LogP contribution in [-0.2, 0) is 20.7 Å². The Balaban J connectivity index is 1.95. The van der Waals surface area contributed by atoms with Crippen LogP contribution in [0.5, 0.6) is 0 Å². The minimum absolute atomic E-state index is 0.0192. The van der Waals surface area contributed by atoms with Gasteiger partial charge in [0.2, 0.25) is 0 Å². The van der Waals surface area contributed by atoms with Crippen LogP contribution in [0.3, 0.4) is 0 Å². The molecule has 1 aromatic heterocycles. The summed E-state index contributed by atoms with van der Waals surface area (Å²) in [6.07, 6.45) is 5.28. The summed E-state index contributed by atoms with van der Waals surface area (Å²) >= 11 is 0. The van der Waals surface area contributed by atoms with E-state index in [1.807, 2.05) is 20.0 Å². The van der Waals surface area contributed by atoms with Crippen LogP contribution in [0.4, 0.5) is 5.82 Å². The van der Waals surface area contributed by atoms with Gasteiger partial charge < -0.3 is 14.4 Å². The van der Waals surface area contributed by atoms with E-state index in [0.29, 0.717) is 6.61 Å². The average molecular weight is 321 g/mol. The fourth-order valence-corrected chi connectivity index (χ4v) is 2.85. The van der Waals surface area contributed by atoms with E-state index in [1.54, 1.807) is 7.11 Å². The number of carbonyl (C=O) groups excluding carboxylic acids is 1. The highest BCUT2D eigenvalue weighted by Crippen LogP contribution is 2.23. The van der Waals surface area contributed by atoms with Crippen molar-refractivity contribution in [2.45, 2.75) is 39.5 Å². The summed E-state index contributed by atoms with van der Waals surface area (Å²) < 4.78 is 10.2. The molecular weight excluding hydrogens is 294 g/mol. The van der Waals surface area contributed by atoms with E-state index in [-0.39, 0.29) is 11.9 Å². The molecule has 2 rings (SSSR count). The molecule has 6 nitrogen and oxygen atoms in total. The predicted octanol–water partition coefficient (Wildman–Crippen LogP) is 2.14. The second-order valence-electron chi connectivity index (χ2n) is 5.87. The largest absolute Gasteiger partial charge is 0.466 e. The maximum absolute atomic E-state index is 11.8. The Morgan fingerprint density at radius 2 is 2.13 bits per heavy atom. The van der Waals surface area contributed by atoms with E-state index in [2.05, 4.69) is 9.88 Å². The zero-order valence-electron chi connectivity index (χ0n) is 14.4. The second-order valence-corrected chi connectivity index (χ2v) is 5.87. The zero-order chi connectivity index (χ0) is 16.7. The van der Waals surface area contributed by atoms with Crippen LogP contribution in [0.15, 0.2) is 6.20 Å². The molecule has 1 saturated heterocycles. The fraction of sp³-hybridized carbons (Fsp3) is 0.706. The first-order valence-corrected chi connectivity index (χ1v) is 8.38. The van der Waals surface area contributed by atoms with E-state index < -0.39 is 0 Å². The van der Waals surface area contributed by atoms with Gasteiger partial charge in [-0.25, -0.2) is 4.98 Å². The van der Waals surface area contributed by atoms with Crippen LogP contribution >= 0.6 is 0 Å². The van der Waals surface area contributed by atoms with Crippen molar-refractivity contribution in [3.63, 3.8) is 0 Å². The molecule has 0 amide bonds. The summed E-state index contributed by atoms with van der Waals surface area (Å²) in [6.45, 7) is 6.66. The van der Waals surface area contributed by atoms with Crippen LogP contribution in [0, 0.1) is 12.8 Å². The maximum Gasteiger partial charge on any atom is 0.309 e. The van der Waals surface area contributed by atoms with Gasteiger partial charge in [0.15, 0.2) is 0 Å². The van der Waals surface area contributed by atoms with Crippen LogP contribution < -0.4 is 4.90 Å². The van der Waals surface area contributed by atoms with Gasteiger partial charge in [-0.3, -0.25) is 9.78 Å². The topological polar surface area (TPSA) is 64.5 Å². The molecule has 0 aromatic carbocycles. The quantitative estimate of drug-likeness (QED) is 0.566. The van der Waals surface area contributed by atoms with Gasteiger partial charge in [-0.05, 0) is 39.5 Å². The van der Waals surface area contributed by atoms with E-state index in [9.17, 15) is 4.79 Å². The summed E-state index contributed by atoms with van der Waals surface area (Å²) in [7, 11) is 1.71. The number of methoxy groups -OCH3 is 1. The molecule has 23 heavy (non-hydrogen) atoms. The van der Waals surface area contributed by atoms with Crippen LogP contribution in [0.25, 0.3) is 0 Å². The molecule has 0 aliphatic carbocycles. The highest BCUT2D eigenvalue weighted by molar-refractivity contribution is 5.72. The lowest BCUT2D eigenvalue weighted by Crippen LogP contribution is -2.37. The number of aryl methyl sites for hydroxylation is 2. The van der Waals surface area contributed by atoms with Gasteiger partial charge in [-0.1, -0.05) is 0 Å². The lowest BCUT2D eigenvalue weighted by Gasteiger charge is -2.31. The van der Waals surface area contributed by atoms with Crippen molar-refractivity contribution in [2.75, 3.05) is 38.3 Å². The smallest absolute Gasteiger partial charge is 0.309 e. The monoisotopic (exact) mass is 321 g/mol. The minimum atomic E-state index is -0.0672. The first-order chi connectivity index (χ1) is 11.2. The third kappa shape index (κ3) is 4.89. The number of anilines is 1. The first-order valence-electron chi connectivity index (χ1n) is 8.38. The molecule has 0 unspecified atom stereocenters. The predicted molar refractivity (Wildman–Crippen MR) is 88.5 cm³/mol. The van der Waals surface area contributed by atoms with Crippen LogP contribution in [0.1, 0.15) is 37.6 Å². The summed E-state index contributed by atoms with van der Waals surface area (Å²) in [5, 5.41) is 0. The van der Waals surface area contributed by atoms with Gasteiger partial charge in [-0.2, -0.15) is 0 Å². The van der Waals surface area contributed by atoms with Gasteiger partial charge in [-0.15, -0.1) is 0 Å². The fourth-order valence-electron chi connectivity index (χ4n) is 2.85. The molecule has 0 saturated carbocycles. The van der Waals surface area contributed by atoms with E-state index in [1.165, 1.54) is 0 Å². The average Bonchev–Trinajstić information content (AvgIpc) is 2.57. The van der Waals surface area contributed by atoms with E-state index >= 15 is 0 Å². The molecule has 2 heterocycles. The lowest BCUT2D eigenvalue weighted by atomic mass is 9.97. The van der Waals surface area contributed by atoms with Crippen molar-refractivity contribution in [1.82, 2.24) is 9.97 Å². The molecule has 6 heteroatoms. The normalized spacial score (nSPS) is 15.7. The van der Waals surface area contributed by atoms with Crippen molar-refractivity contribution in [1.29, 1.82) is 0 Å². The van der Waals surface area contributed by atoms with Crippen molar-refractivity contribution >= 4 is 11.8 Å². The molecule has 1 aliphatic heterocycles. The summed E-state index contributed by atoms with van der Waals surface area (Å²) in [5.41, 5.74) is 2.01. The van der Waals surface area contributed by atoms with Crippen molar-refractivity contribution < 1.29 is 14.3 Å². The maximum atomic E-state index is 11.8. The standard InChI is InChI=1S/C17H27N3O3/c1-4-23-17(21)14-7-9-20(10-8-14)16-12-18-13(2)15(19-16)6-5-11-22-3/h12,14H,4-11H2,1-3H3. The third-order valence-corrected chi connectivity index (χ3v) is 4.24. The Hall–Kier alpha value is -1.69. The Labute approximate surface area is 138 Å². The van der Waals surface area contributed by atoms with E-state index in [4.69, 9.17) is 14.5 Å². The number of hydrogen-bond donors (Lipinski definition) is 0. The number of aromatic nitrogens is 2. The Morgan fingerprint density at radius 1 is 1.39 bits per heavy atom. The highest BCUT2D eigenvalue weighted by Gasteiger charge is 2.26. The summed E-state index contributed by atoms with van der Waals surface area (Å²) in [6, 6.07) is 0. The SMILES string of the molecule is CCOC(=O)C1CCN(c2cnc(C)c(CCCOC)n2)CC1. The molecule has 0 spiro atoms. The minimum Gasteiger partial charge on any atom is -0.466 e. The molecule has 0 N–H and O–H groups in total. The molecule has 0 radical (unpaired) electrons. The number of ether oxygens (including phenoxy) is 2. The van der Waals surface area contributed by atoms with Crippen LogP contribution in [0.2, 0.25) is 0 Å². The first kappa shape index (κ1) is 17.7.